The van der Waals surface area contributed by atoms with Gasteiger partial charge in [0.1, 0.15) is 11.6 Å². The number of halogens is 2. The normalized spacial score (nSPS) is 10.2. The van der Waals surface area contributed by atoms with E-state index in [4.69, 9.17) is 21.4 Å². The molecule has 1 aromatic heterocycles. The van der Waals surface area contributed by atoms with Gasteiger partial charge in [0.25, 0.3) is 0 Å². The number of nitro groups is 1. The summed E-state index contributed by atoms with van der Waals surface area (Å²) in [5.74, 6) is -2.63. The first-order valence-electron chi connectivity index (χ1n) is 5.40. The van der Waals surface area contributed by atoms with Crippen molar-refractivity contribution in [1.82, 2.24) is 4.98 Å². The Hall–Kier alpha value is -2.74. The largest absolute Gasteiger partial charge is 0.477 e. The summed E-state index contributed by atoms with van der Waals surface area (Å²) < 4.78 is 18.1. The number of carboxylic acid groups (broad SMARTS) is 1. The minimum Gasteiger partial charge on any atom is -0.477 e. The van der Waals surface area contributed by atoms with Gasteiger partial charge >= 0.3 is 17.5 Å². The third-order valence-electron chi connectivity index (χ3n) is 2.36. The van der Waals surface area contributed by atoms with Crippen molar-refractivity contribution in [3.8, 4) is 11.6 Å². The Morgan fingerprint density at radius 1 is 1.38 bits per heavy atom. The zero-order valence-electron chi connectivity index (χ0n) is 10.1. The summed E-state index contributed by atoms with van der Waals surface area (Å²) in [6.07, 6.45) is 0. The summed E-state index contributed by atoms with van der Waals surface area (Å²) in [4.78, 5) is 24.5. The molecule has 0 spiro atoms. The highest BCUT2D eigenvalue weighted by Gasteiger charge is 2.21. The van der Waals surface area contributed by atoms with Crippen LogP contribution in [0.2, 0.25) is 5.02 Å². The van der Waals surface area contributed by atoms with Crippen LogP contribution in [0.4, 0.5) is 10.1 Å². The van der Waals surface area contributed by atoms with E-state index in [0.29, 0.717) is 0 Å². The number of pyridine rings is 1. The zero-order chi connectivity index (χ0) is 15.6. The van der Waals surface area contributed by atoms with Crippen molar-refractivity contribution in [2.45, 2.75) is 0 Å². The number of hydrogen-bond acceptors (Lipinski definition) is 5. The number of benzene rings is 1. The maximum atomic E-state index is 12.9. The molecule has 0 unspecified atom stereocenters. The van der Waals surface area contributed by atoms with E-state index in [1.807, 2.05) is 0 Å². The second-order valence-electron chi connectivity index (χ2n) is 3.76. The average molecular weight is 313 g/mol. The summed E-state index contributed by atoms with van der Waals surface area (Å²) in [5, 5.41) is 19.6. The van der Waals surface area contributed by atoms with Gasteiger partial charge in [0.05, 0.1) is 9.95 Å². The number of rotatable bonds is 4. The highest BCUT2D eigenvalue weighted by molar-refractivity contribution is 6.32. The molecule has 0 saturated heterocycles. The molecular weight excluding hydrogens is 307 g/mol. The number of ether oxygens (including phenoxy) is 1. The van der Waals surface area contributed by atoms with Crippen molar-refractivity contribution in [3.05, 3.63) is 57.0 Å². The minimum atomic E-state index is -1.38. The van der Waals surface area contributed by atoms with E-state index in [1.165, 1.54) is 0 Å². The van der Waals surface area contributed by atoms with Gasteiger partial charge in [0.15, 0.2) is 5.69 Å². The molecule has 21 heavy (non-hydrogen) atoms. The average Bonchev–Trinajstić information content (AvgIpc) is 2.41. The number of aromatic carboxylic acids is 1. The second-order valence-corrected chi connectivity index (χ2v) is 4.17. The fraction of sp³-hybridized carbons (Fsp3) is 0. The molecule has 1 N–H and O–H groups in total. The van der Waals surface area contributed by atoms with Crippen LogP contribution in [0.5, 0.6) is 11.6 Å². The monoisotopic (exact) mass is 312 g/mol. The molecule has 0 aliphatic heterocycles. The highest BCUT2D eigenvalue weighted by atomic mass is 35.5. The van der Waals surface area contributed by atoms with Crippen molar-refractivity contribution in [1.29, 1.82) is 0 Å². The molecule has 2 rings (SSSR count). The lowest BCUT2D eigenvalue weighted by Crippen LogP contribution is -2.04. The van der Waals surface area contributed by atoms with Gasteiger partial charge in [-0.15, -0.1) is 0 Å². The quantitative estimate of drug-likeness (QED) is 0.686. The van der Waals surface area contributed by atoms with Gasteiger partial charge in [-0.05, 0) is 24.3 Å². The summed E-state index contributed by atoms with van der Waals surface area (Å²) in [6, 6.07) is 5.05. The fourth-order valence-corrected chi connectivity index (χ4v) is 1.63. The van der Waals surface area contributed by atoms with E-state index in [-0.39, 0.29) is 10.8 Å². The number of aromatic nitrogens is 1. The minimum absolute atomic E-state index is 0.0868. The lowest BCUT2D eigenvalue weighted by Gasteiger charge is -2.07. The third-order valence-corrected chi connectivity index (χ3v) is 2.65. The predicted octanol–water partition coefficient (Wildman–Crippen LogP) is 3.27. The van der Waals surface area contributed by atoms with Crippen LogP contribution in [0.15, 0.2) is 30.3 Å². The van der Waals surface area contributed by atoms with Crippen LogP contribution in [-0.4, -0.2) is 21.0 Å². The molecule has 1 aromatic carbocycles. The molecule has 0 aliphatic carbocycles. The standard InChI is InChI=1S/C12H6ClFN2O5/c13-7-5-6(14)1-4-10(7)21-11-9(16(19)20)3-2-8(15-11)12(17)18/h1-5H,(H,17,18). The van der Waals surface area contributed by atoms with Crippen molar-refractivity contribution in [2.75, 3.05) is 0 Å². The summed E-state index contributed by atoms with van der Waals surface area (Å²) in [6.45, 7) is 0. The van der Waals surface area contributed by atoms with Gasteiger partial charge in [-0.25, -0.2) is 9.18 Å². The van der Waals surface area contributed by atoms with Gasteiger partial charge in [-0.3, -0.25) is 10.1 Å². The second kappa shape index (κ2) is 5.71. The van der Waals surface area contributed by atoms with Gasteiger partial charge in [-0.2, -0.15) is 4.98 Å². The Balaban J connectivity index is 2.48. The maximum Gasteiger partial charge on any atom is 0.354 e. The molecule has 0 bridgehead atoms. The topological polar surface area (TPSA) is 103 Å². The number of carboxylic acids is 1. The molecule has 7 nitrogen and oxygen atoms in total. The molecular formula is C12H6ClFN2O5. The molecule has 0 amide bonds. The van der Waals surface area contributed by atoms with Crippen LogP contribution < -0.4 is 4.74 Å². The van der Waals surface area contributed by atoms with Crippen LogP contribution in [0, 0.1) is 15.9 Å². The van der Waals surface area contributed by atoms with Crippen LogP contribution in [0.1, 0.15) is 10.5 Å². The Kier molecular flexibility index (Phi) is 3.99. The summed E-state index contributed by atoms with van der Waals surface area (Å²) in [5.41, 5.74) is -0.978. The number of carbonyl (C=O) groups is 1. The van der Waals surface area contributed by atoms with Gasteiger partial charge in [0.2, 0.25) is 0 Å². The van der Waals surface area contributed by atoms with E-state index < -0.39 is 34.0 Å². The highest BCUT2D eigenvalue weighted by Crippen LogP contribution is 2.33. The van der Waals surface area contributed by atoms with Gasteiger partial charge in [-0.1, -0.05) is 11.6 Å². The molecule has 9 heteroatoms. The molecule has 108 valence electrons. The maximum absolute atomic E-state index is 12.9. The molecule has 0 fully saturated rings. The predicted molar refractivity (Wildman–Crippen MR) is 69.3 cm³/mol. The third kappa shape index (κ3) is 3.23. The first-order chi connectivity index (χ1) is 9.88. The van der Waals surface area contributed by atoms with Crippen LogP contribution in [-0.2, 0) is 0 Å². The lowest BCUT2D eigenvalue weighted by atomic mass is 10.3. The van der Waals surface area contributed by atoms with Crippen molar-refractivity contribution in [3.63, 3.8) is 0 Å². The Morgan fingerprint density at radius 2 is 2.10 bits per heavy atom. The van der Waals surface area contributed by atoms with E-state index in [9.17, 15) is 19.3 Å². The number of hydrogen-bond donors (Lipinski definition) is 1. The van der Waals surface area contributed by atoms with Crippen LogP contribution in [0.25, 0.3) is 0 Å². The van der Waals surface area contributed by atoms with E-state index in [2.05, 4.69) is 4.98 Å². The van der Waals surface area contributed by atoms with E-state index in [0.717, 1.165) is 30.3 Å². The number of nitrogens with zero attached hydrogens (tertiary/aromatic N) is 2. The smallest absolute Gasteiger partial charge is 0.354 e. The Labute approximate surface area is 121 Å². The zero-order valence-corrected chi connectivity index (χ0v) is 10.9. The van der Waals surface area contributed by atoms with Crippen molar-refractivity contribution < 1.29 is 24.0 Å². The van der Waals surface area contributed by atoms with Gasteiger partial charge < -0.3 is 9.84 Å². The van der Waals surface area contributed by atoms with E-state index >= 15 is 0 Å². The van der Waals surface area contributed by atoms with Gasteiger partial charge in [0, 0.05) is 6.07 Å². The fourth-order valence-electron chi connectivity index (χ4n) is 1.43. The molecule has 0 aliphatic rings. The molecule has 0 atom stereocenters. The van der Waals surface area contributed by atoms with Crippen LogP contribution >= 0.6 is 11.6 Å². The first-order valence-corrected chi connectivity index (χ1v) is 5.78. The molecule has 1 heterocycles. The Bertz CT molecular complexity index is 738. The van der Waals surface area contributed by atoms with Crippen molar-refractivity contribution >= 4 is 23.3 Å². The van der Waals surface area contributed by atoms with Crippen LogP contribution in [0.3, 0.4) is 0 Å². The lowest BCUT2D eigenvalue weighted by molar-refractivity contribution is -0.386. The summed E-state index contributed by atoms with van der Waals surface area (Å²) in [7, 11) is 0. The molecule has 0 saturated carbocycles. The van der Waals surface area contributed by atoms with E-state index in [1.54, 1.807) is 0 Å². The molecule has 0 radical (unpaired) electrons. The molecule has 2 aromatic rings. The SMILES string of the molecule is O=C(O)c1ccc([N+](=O)[O-])c(Oc2ccc(F)cc2Cl)n1. The first kappa shape index (κ1) is 14.7. The van der Waals surface area contributed by atoms with Crippen molar-refractivity contribution in [2.24, 2.45) is 0 Å². The summed E-state index contributed by atoms with van der Waals surface area (Å²) >= 11 is 5.73. The Morgan fingerprint density at radius 3 is 2.67 bits per heavy atom.